The van der Waals surface area contributed by atoms with Crippen molar-refractivity contribution in [2.75, 3.05) is 13.1 Å². The van der Waals surface area contributed by atoms with E-state index in [9.17, 15) is 9.90 Å². The summed E-state index contributed by atoms with van der Waals surface area (Å²) < 4.78 is 0.748. The molecule has 3 nitrogen and oxygen atoms in total. The first kappa shape index (κ1) is 14.8. The largest absolute Gasteiger partial charge is 0.390 e. The molecule has 2 rings (SSSR count). The molecule has 5 heteroatoms. The molecule has 1 unspecified atom stereocenters. The fraction of sp³-hybridized carbons (Fsp3) is 0.500. The highest BCUT2D eigenvalue weighted by molar-refractivity contribution is 9.10. The first-order valence-corrected chi connectivity index (χ1v) is 7.53. The first-order chi connectivity index (χ1) is 8.89. The van der Waals surface area contributed by atoms with E-state index >= 15 is 0 Å². The molecule has 1 aromatic carbocycles. The zero-order chi connectivity index (χ0) is 14.0. The molecule has 1 aliphatic rings. The van der Waals surface area contributed by atoms with Crippen molar-refractivity contribution in [3.05, 3.63) is 33.3 Å². The van der Waals surface area contributed by atoms with E-state index in [1.54, 1.807) is 23.1 Å². The Morgan fingerprint density at radius 1 is 1.42 bits per heavy atom. The summed E-state index contributed by atoms with van der Waals surface area (Å²) in [6, 6.07) is 5.20. The predicted molar refractivity (Wildman–Crippen MR) is 79.5 cm³/mol. The number of hydrogen-bond acceptors (Lipinski definition) is 2. The maximum Gasteiger partial charge on any atom is 0.255 e. The molecule has 1 fully saturated rings. The molecule has 0 spiro atoms. The molecular weight excluding hydrogens is 330 g/mol. The summed E-state index contributed by atoms with van der Waals surface area (Å²) in [6.07, 6.45) is 2.15. The van der Waals surface area contributed by atoms with Gasteiger partial charge < -0.3 is 10.0 Å². The SMILES string of the molecule is CC1(O)CCCN(C(=O)c2cc(Cl)ccc2Br)CC1. The van der Waals surface area contributed by atoms with E-state index in [0.717, 1.165) is 17.3 Å². The third kappa shape index (κ3) is 3.71. The van der Waals surface area contributed by atoms with Crippen LogP contribution in [0.25, 0.3) is 0 Å². The van der Waals surface area contributed by atoms with Gasteiger partial charge in [-0.15, -0.1) is 0 Å². The molecule has 104 valence electrons. The van der Waals surface area contributed by atoms with Crippen molar-refractivity contribution in [1.29, 1.82) is 0 Å². The van der Waals surface area contributed by atoms with Gasteiger partial charge >= 0.3 is 0 Å². The Bertz CT molecular complexity index is 490. The van der Waals surface area contributed by atoms with Crippen LogP contribution in [0.3, 0.4) is 0 Å². The molecule has 1 heterocycles. The maximum absolute atomic E-state index is 12.5. The van der Waals surface area contributed by atoms with Crippen molar-refractivity contribution in [3.63, 3.8) is 0 Å². The van der Waals surface area contributed by atoms with Gasteiger partial charge in [-0.05, 0) is 60.3 Å². The number of carbonyl (C=O) groups excluding carboxylic acids is 1. The van der Waals surface area contributed by atoms with Gasteiger partial charge in [-0.25, -0.2) is 0 Å². The van der Waals surface area contributed by atoms with Crippen molar-refractivity contribution in [2.45, 2.75) is 31.8 Å². The second-order valence-electron chi connectivity index (χ2n) is 5.27. The van der Waals surface area contributed by atoms with Crippen molar-refractivity contribution in [3.8, 4) is 0 Å². The monoisotopic (exact) mass is 345 g/mol. The Kier molecular flexibility index (Phi) is 4.54. The maximum atomic E-state index is 12.5. The topological polar surface area (TPSA) is 40.5 Å². The molecule has 0 radical (unpaired) electrons. The number of benzene rings is 1. The van der Waals surface area contributed by atoms with Gasteiger partial charge in [-0.3, -0.25) is 4.79 Å². The number of nitrogens with zero attached hydrogens (tertiary/aromatic N) is 1. The summed E-state index contributed by atoms with van der Waals surface area (Å²) in [5.41, 5.74) is -0.0883. The summed E-state index contributed by atoms with van der Waals surface area (Å²) in [5, 5.41) is 10.6. The number of halogens is 2. The normalized spacial score (nSPS) is 24.1. The van der Waals surface area contributed by atoms with E-state index in [2.05, 4.69) is 15.9 Å². The fourth-order valence-electron chi connectivity index (χ4n) is 2.30. The van der Waals surface area contributed by atoms with Gasteiger partial charge in [0.05, 0.1) is 11.2 Å². The van der Waals surface area contributed by atoms with Crippen molar-refractivity contribution in [2.24, 2.45) is 0 Å². The molecular formula is C14H17BrClNO2. The number of carbonyl (C=O) groups is 1. The third-order valence-electron chi connectivity index (χ3n) is 3.51. The molecule has 1 atom stereocenters. The molecule has 0 aliphatic carbocycles. The molecule has 1 aliphatic heterocycles. The van der Waals surface area contributed by atoms with E-state index in [4.69, 9.17) is 11.6 Å². The lowest BCUT2D eigenvalue weighted by Crippen LogP contribution is -2.33. The lowest BCUT2D eigenvalue weighted by atomic mass is 9.98. The number of hydrogen-bond donors (Lipinski definition) is 1. The average molecular weight is 347 g/mol. The summed E-state index contributed by atoms with van der Waals surface area (Å²) in [6.45, 7) is 3.08. The number of amides is 1. The van der Waals surface area contributed by atoms with Gasteiger partial charge in [-0.1, -0.05) is 11.6 Å². The van der Waals surface area contributed by atoms with E-state index < -0.39 is 5.60 Å². The number of likely N-dealkylation sites (tertiary alicyclic amines) is 1. The van der Waals surface area contributed by atoms with Gasteiger partial charge in [0.25, 0.3) is 5.91 Å². The van der Waals surface area contributed by atoms with Gasteiger partial charge in [0.1, 0.15) is 0 Å². The highest BCUT2D eigenvalue weighted by atomic mass is 79.9. The Labute approximate surface area is 126 Å². The van der Waals surface area contributed by atoms with Gasteiger partial charge in [-0.2, -0.15) is 0 Å². The zero-order valence-corrected chi connectivity index (χ0v) is 13.2. The van der Waals surface area contributed by atoms with Crippen LogP contribution in [0.2, 0.25) is 5.02 Å². The summed E-state index contributed by atoms with van der Waals surface area (Å²) >= 11 is 9.33. The highest BCUT2D eigenvalue weighted by Crippen LogP contribution is 2.26. The highest BCUT2D eigenvalue weighted by Gasteiger charge is 2.28. The van der Waals surface area contributed by atoms with Gasteiger partial charge in [0.2, 0.25) is 0 Å². The molecule has 1 saturated heterocycles. The van der Waals surface area contributed by atoms with E-state index in [-0.39, 0.29) is 5.91 Å². The van der Waals surface area contributed by atoms with Crippen LogP contribution < -0.4 is 0 Å². The van der Waals surface area contributed by atoms with Crippen molar-refractivity contribution >= 4 is 33.4 Å². The number of rotatable bonds is 1. The molecule has 1 aromatic rings. The van der Waals surface area contributed by atoms with Crippen LogP contribution in [0, 0.1) is 0 Å². The smallest absolute Gasteiger partial charge is 0.255 e. The van der Waals surface area contributed by atoms with Crippen LogP contribution in [0.15, 0.2) is 22.7 Å². The van der Waals surface area contributed by atoms with E-state index in [1.165, 1.54) is 0 Å². The second-order valence-corrected chi connectivity index (χ2v) is 6.56. The summed E-state index contributed by atoms with van der Waals surface area (Å²) in [4.78, 5) is 14.3. The third-order valence-corrected chi connectivity index (χ3v) is 4.44. The van der Waals surface area contributed by atoms with Crippen molar-refractivity contribution < 1.29 is 9.90 Å². The molecule has 0 saturated carbocycles. The molecule has 1 N–H and O–H groups in total. The molecule has 1 amide bonds. The lowest BCUT2D eigenvalue weighted by Gasteiger charge is -2.23. The fourth-order valence-corrected chi connectivity index (χ4v) is 2.89. The molecule has 0 aromatic heterocycles. The Morgan fingerprint density at radius 3 is 2.89 bits per heavy atom. The van der Waals surface area contributed by atoms with E-state index in [1.807, 2.05) is 6.92 Å². The summed E-state index contributed by atoms with van der Waals surface area (Å²) in [7, 11) is 0. The summed E-state index contributed by atoms with van der Waals surface area (Å²) in [5.74, 6) is -0.0351. The average Bonchev–Trinajstić information content (AvgIpc) is 2.52. The second kappa shape index (κ2) is 5.81. The van der Waals surface area contributed by atoms with Crippen molar-refractivity contribution in [1.82, 2.24) is 4.90 Å². The predicted octanol–water partition coefficient (Wildman–Crippen LogP) is 3.48. The minimum Gasteiger partial charge on any atom is -0.390 e. The van der Waals surface area contributed by atoms with Crippen LogP contribution in [-0.4, -0.2) is 34.6 Å². The zero-order valence-electron chi connectivity index (χ0n) is 10.8. The van der Waals surface area contributed by atoms with E-state index in [0.29, 0.717) is 30.1 Å². The van der Waals surface area contributed by atoms with Crippen LogP contribution in [-0.2, 0) is 0 Å². The van der Waals surface area contributed by atoms with Crippen LogP contribution in [0.5, 0.6) is 0 Å². The van der Waals surface area contributed by atoms with Crippen LogP contribution in [0.4, 0.5) is 0 Å². The Balaban J connectivity index is 2.17. The van der Waals surface area contributed by atoms with Gasteiger partial charge in [0.15, 0.2) is 0 Å². The number of aliphatic hydroxyl groups is 1. The lowest BCUT2D eigenvalue weighted by molar-refractivity contribution is 0.0438. The quantitative estimate of drug-likeness (QED) is 0.846. The Morgan fingerprint density at radius 2 is 2.16 bits per heavy atom. The van der Waals surface area contributed by atoms with Gasteiger partial charge in [0, 0.05) is 22.6 Å². The van der Waals surface area contributed by atoms with Crippen LogP contribution in [0.1, 0.15) is 36.5 Å². The molecule has 0 bridgehead atoms. The Hall–Kier alpha value is -0.580. The first-order valence-electron chi connectivity index (χ1n) is 6.36. The standard InChI is InChI=1S/C14H17BrClNO2/c1-14(19)5-2-7-17(8-6-14)13(18)11-9-10(16)3-4-12(11)15/h3-4,9,19H,2,5-8H2,1H3. The molecule has 19 heavy (non-hydrogen) atoms. The van der Waals surface area contributed by atoms with Crippen LogP contribution >= 0.6 is 27.5 Å². The minimum atomic E-state index is -0.666. The minimum absolute atomic E-state index is 0.0351.